The van der Waals surface area contributed by atoms with Crippen molar-refractivity contribution in [2.75, 3.05) is 0 Å². The Hall–Kier alpha value is -2.27. The van der Waals surface area contributed by atoms with Crippen LogP contribution in [-0.4, -0.2) is 15.1 Å². The molecule has 3 aromatic rings. The maximum absolute atomic E-state index is 4.92. The Labute approximate surface area is 110 Å². The van der Waals surface area contributed by atoms with E-state index in [9.17, 15) is 0 Å². The lowest BCUT2D eigenvalue weighted by Gasteiger charge is -2.05. The van der Waals surface area contributed by atoms with Crippen LogP contribution >= 0.6 is 0 Å². The molecule has 0 radical (unpaired) electrons. The largest absolute Gasteiger partial charge is 0.340 e. The third-order valence-corrected chi connectivity index (χ3v) is 2.88. The van der Waals surface area contributed by atoms with Crippen LogP contribution in [0, 0.1) is 6.92 Å². The smallest absolute Gasteiger partial charge is 0.223 e. The lowest BCUT2D eigenvalue weighted by molar-refractivity contribution is 0.385. The molecule has 3 rings (SSSR count). The average Bonchev–Trinajstić information content (AvgIpc) is 2.85. The predicted octanol–water partition coefficient (Wildman–Crippen LogP) is 2.22. The number of fused-ring (bicyclic) bond motifs is 1. The van der Waals surface area contributed by atoms with Gasteiger partial charge in [0.15, 0.2) is 5.82 Å². The minimum atomic E-state index is 0.584. The van der Waals surface area contributed by atoms with Crippen LogP contribution in [-0.2, 0) is 13.1 Å². The number of aromatic nitrogens is 3. The van der Waals surface area contributed by atoms with Gasteiger partial charge in [0.1, 0.15) is 0 Å². The molecule has 2 heterocycles. The summed E-state index contributed by atoms with van der Waals surface area (Å²) in [6.07, 6.45) is 1.81. The molecule has 1 aromatic carbocycles. The summed E-state index contributed by atoms with van der Waals surface area (Å²) in [5.74, 6) is 1.26. The van der Waals surface area contributed by atoms with Gasteiger partial charge in [0, 0.05) is 25.1 Å². The number of benzene rings is 1. The standard InChI is InChI=1S/C14H14N4O/c1-10-17-13(18-19-10)9-15-8-12-5-2-4-11-6-3-7-16-14(11)12/h2-7,15H,8-9H2,1H3. The van der Waals surface area contributed by atoms with Crippen molar-refractivity contribution in [1.29, 1.82) is 0 Å². The van der Waals surface area contributed by atoms with E-state index in [4.69, 9.17) is 4.52 Å². The zero-order valence-electron chi connectivity index (χ0n) is 10.6. The van der Waals surface area contributed by atoms with Crippen LogP contribution in [0.25, 0.3) is 10.9 Å². The first-order valence-corrected chi connectivity index (χ1v) is 6.15. The fourth-order valence-corrected chi connectivity index (χ4v) is 2.03. The second-order valence-electron chi connectivity index (χ2n) is 4.33. The SMILES string of the molecule is Cc1nc(CNCc2cccc3cccnc23)no1. The Morgan fingerprint density at radius 3 is 2.89 bits per heavy atom. The number of nitrogens with zero attached hydrogens (tertiary/aromatic N) is 3. The lowest BCUT2D eigenvalue weighted by atomic mass is 10.1. The van der Waals surface area contributed by atoms with Crippen molar-refractivity contribution in [3.8, 4) is 0 Å². The highest BCUT2D eigenvalue weighted by atomic mass is 16.5. The molecule has 5 heteroatoms. The predicted molar refractivity (Wildman–Crippen MR) is 71.3 cm³/mol. The summed E-state index contributed by atoms with van der Waals surface area (Å²) in [7, 11) is 0. The molecule has 5 nitrogen and oxygen atoms in total. The van der Waals surface area contributed by atoms with Crippen molar-refractivity contribution >= 4 is 10.9 Å². The minimum Gasteiger partial charge on any atom is -0.340 e. The molecular weight excluding hydrogens is 240 g/mol. The molecule has 0 aliphatic carbocycles. The zero-order valence-corrected chi connectivity index (χ0v) is 10.6. The Morgan fingerprint density at radius 1 is 1.16 bits per heavy atom. The van der Waals surface area contributed by atoms with E-state index in [1.807, 2.05) is 18.3 Å². The van der Waals surface area contributed by atoms with Gasteiger partial charge in [0.2, 0.25) is 5.89 Å². The van der Waals surface area contributed by atoms with Crippen molar-refractivity contribution in [3.63, 3.8) is 0 Å². The van der Waals surface area contributed by atoms with Gasteiger partial charge < -0.3 is 9.84 Å². The fourth-order valence-electron chi connectivity index (χ4n) is 2.03. The highest BCUT2D eigenvalue weighted by molar-refractivity contribution is 5.81. The number of rotatable bonds is 4. The maximum Gasteiger partial charge on any atom is 0.223 e. The highest BCUT2D eigenvalue weighted by Crippen LogP contribution is 2.15. The van der Waals surface area contributed by atoms with E-state index < -0.39 is 0 Å². The van der Waals surface area contributed by atoms with E-state index in [0.29, 0.717) is 18.3 Å². The maximum atomic E-state index is 4.92. The van der Waals surface area contributed by atoms with Crippen molar-refractivity contribution in [2.24, 2.45) is 0 Å². The quantitative estimate of drug-likeness (QED) is 0.773. The minimum absolute atomic E-state index is 0.584. The van der Waals surface area contributed by atoms with E-state index in [-0.39, 0.29) is 0 Å². The Morgan fingerprint density at radius 2 is 2.05 bits per heavy atom. The van der Waals surface area contributed by atoms with E-state index in [1.165, 1.54) is 5.56 Å². The lowest BCUT2D eigenvalue weighted by Crippen LogP contribution is -2.14. The Kier molecular flexibility index (Phi) is 3.20. The van der Waals surface area contributed by atoms with Crippen molar-refractivity contribution in [1.82, 2.24) is 20.4 Å². The molecule has 0 fully saturated rings. The molecule has 0 saturated heterocycles. The van der Waals surface area contributed by atoms with Gasteiger partial charge in [0.25, 0.3) is 0 Å². The van der Waals surface area contributed by atoms with Crippen LogP contribution in [0.15, 0.2) is 41.1 Å². The van der Waals surface area contributed by atoms with E-state index in [0.717, 1.165) is 17.4 Å². The summed E-state index contributed by atoms with van der Waals surface area (Å²) in [6.45, 7) is 3.09. The van der Waals surface area contributed by atoms with Crippen molar-refractivity contribution < 1.29 is 4.52 Å². The molecule has 0 atom stereocenters. The first kappa shape index (κ1) is 11.8. The highest BCUT2D eigenvalue weighted by Gasteiger charge is 2.04. The van der Waals surface area contributed by atoms with E-state index >= 15 is 0 Å². The number of para-hydroxylation sites is 1. The van der Waals surface area contributed by atoms with Gasteiger partial charge in [-0.1, -0.05) is 29.4 Å². The molecule has 1 N–H and O–H groups in total. The summed E-state index contributed by atoms with van der Waals surface area (Å²) >= 11 is 0. The number of pyridine rings is 1. The average molecular weight is 254 g/mol. The second kappa shape index (κ2) is 5.16. The van der Waals surface area contributed by atoms with Gasteiger partial charge >= 0.3 is 0 Å². The molecule has 0 bridgehead atoms. The van der Waals surface area contributed by atoms with Crippen LogP contribution in [0.1, 0.15) is 17.3 Å². The molecule has 0 saturated carbocycles. The monoisotopic (exact) mass is 254 g/mol. The third-order valence-electron chi connectivity index (χ3n) is 2.88. The van der Waals surface area contributed by atoms with E-state index in [2.05, 4.69) is 38.6 Å². The van der Waals surface area contributed by atoms with Gasteiger partial charge in [-0.15, -0.1) is 0 Å². The Bertz CT molecular complexity index is 687. The topological polar surface area (TPSA) is 63.8 Å². The third kappa shape index (κ3) is 2.61. The van der Waals surface area contributed by atoms with Crippen LogP contribution in [0.5, 0.6) is 0 Å². The summed E-state index contributed by atoms with van der Waals surface area (Å²) in [4.78, 5) is 8.57. The first-order chi connectivity index (χ1) is 9.33. The molecule has 0 aliphatic heterocycles. The second-order valence-corrected chi connectivity index (χ2v) is 4.33. The normalized spacial score (nSPS) is 11.0. The molecule has 2 aromatic heterocycles. The van der Waals surface area contributed by atoms with Gasteiger partial charge in [-0.3, -0.25) is 4.98 Å². The van der Waals surface area contributed by atoms with Gasteiger partial charge in [0.05, 0.1) is 12.1 Å². The molecule has 0 unspecified atom stereocenters. The number of hydrogen-bond donors (Lipinski definition) is 1. The number of nitrogens with one attached hydrogen (secondary N) is 1. The summed E-state index contributed by atoms with van der Waals surface area (Å²) < 4.78 is 4.92. The number of aryl methyl sites for hydroxylation is 1. The summed E-state index contributed by atoms with van der Waals surface area (Å²) in [5.41, 5.74) is 2.19. The summed E-state index contributed by atoms with van der Waals surface area (Å²) in [6, 6.07) is 10.2. The fraction of sp³-hybridized carbons (Fsp3) is 0.214. The van der Waals surface area contributed by atoms with Crippen molar-refractivity contribution in [3.05, 3.63) is 53.8 Å². The first-order valence-electron chi connectivity index (χ1n) is 6.15. The van der Waals surface area contributed by atoms with Gasteiger partial charge in [-0.05, 0) is 11.6 Å². The summed E-state index contributed by atoms with van der Waals surface area (Å²) in [5, 5.41) is 8.29. The Balaban J connectivity index is 1.71. The van der Waals surface area contributed by atoms with Crippen molar-refractivity contribution in [2.45, 2.75) is 20.0 Å². The zero-order chi connectivity index (χ0) is 13.1. The van der Waals surface area contributed by atoms with Crippen LogP contribution in [0.4, 0.5) is 0 Å². The number of hydrogen-bond acceptors (Lipinski definition) is 5. The molecule has 19 heavy (non-hydrogen) atoms. The molecular formula is C14H14N4O. The van der Waals surface area contributed by atoms with Gasteiger partial charge in [-0.2, -0.15) is 4.98 Å². The van der Waals surface area contributed by atoms with Gasteiger partial charge in [-0.25, -0.2) is 0 Å². The molecule has 96 valence electrons. The van der Waals surface area contributed by atoms with Crippen LogP contribution in [0.3, 0.4) is 0 Å². The van der Waals surface area contributed by atoms with E-state index in [1.54, 1.807) is 6.92 Å². The molecule has 0 amide bonds. The molecule has 0 spiro atoms. The molecule has 0 aliphatic rings. The van der Waals surface area contributed by atoms with Crippen LogP contribution in [0.2, 0.25) is 0 Å². The van der Waals surface area contributed by atoms with Crippen LogP contribution < -0.4 is 5.32 Å².